The first-order valence-corrected chi connectivity index (χ1v) is 7.40. The van der Waals surface area contributed by atoms with Gasteiger partial charge in [0.1, 0.15) is 5.76 Å². The second-order valence-electron chi connectivity index (χ2n) is 5.38. The highest BCUT2D eigenvalue weighted by Crippen LogP contribution is 2.23. The van der Waals surface area contributed by atoms with E-state index in [9.17, 15) is 0 Å². The third kappa shape index (κ3) is 2.59. The minimum Gasteiger partial charge on any atom is -0.361 e. The maximum atomic E-state index is 5.28. The number of para-hydroxylation sites is 1. The minimum absolute atomic E-state index is 0.799. The second-order valence-corrected chi connectivity index (χ2v) is 5.38. The van der Waals surface area contributed by atoms with Gasteiger partial charge in [-0.25, -0.2) is 0 Å². The Balaban J connectivity index is 2.02. The number of hydrogen-bond donors (Lipinski definition) is 1. The van der Waals surface area contributed by atoms with E-state index in [1.165, 1.54) is 22.0 Å². The molecule has 0 amide bonds. The molecule has 2 aromatic heterocycles. The van der Waals surface area contributed by atoms with Gasteiger partial charge in [0.2, 0.25) is 0 Å². The van der Waals surface area contributed by atoms with Crippen molar-refractivity contribution in [3.63, 3.8) is 0 Å². The van der Waals surface area contributed by atoms with E-state index in [-0.39, 0.29) is 0 Å². The molecule has 110 valence electrons. The Morgan fingerprint density at radius 1 is 1.24 bits per heavy atom. The molecule has 0 fully saturated rings. The van der Waals surface area contributed by atoms with E-state index in [1.807, 2.05) is 13.8 Å². The third-order valence-electron chi connectivity index (χ3n) is 3.95. The molecule has 0 saturated carbocycles. The number of aromatic nitrogens is 2. The summed E-state index contributed by atoms with van der Waals surface area (Å²) < 4.78 is 7.56. The van der Waals surface area contributed by atoms with Crippen LogP contribution in [-0.4, -0.2) is 16.3 Å². The molecule has 4 heteroatoms. The Morgan fingerprint density at radius 2 is 2.10 bits per heavy atom. The van der Waals surface area contributed by atoms with Crippen molar-refractivity contribution < 1.29 is 4.52 Å². The van der Waals surface area contributed by atoms with E-state index in [0.717, 1.165) is 31.1 Å². The highest BCUT2D eigenvalue weighted by atomic mass is 16.5. The largest absolute Gasteiger partial charge is 0.361 e. The summed E-state index contributed by atoms with van der Waals surface area (Å²) >= 11 is 0. The maximum absolute atomic E-state index is 5.28. The summed E-state index contributed by atoms with van der Waals surface area (Å²) in [5.41, 5.74) is 4.76. The summed E-state index contributed by atoms with van der Waals surface area (Å²) in [4.78, 5) is 0. The fraction of sp³-hybridized carbons (Fsp3) is 0.353. The van der Waals surface area contributed by atoms with Crippen LogP contribution in [0.5, 0.6) is 0 Å². The normalized spacial score (nSPS) is 11.4. The van der Waals surface area contributed by atoms with Crippen molar-refractivity contribution in [3.05, 3.63) is 53.0 Å². The molecule has 1 N–H and O–H groups in total. The van der Waals surface area contributed by atoms with E-state index in [0.29, 0.717) is 0 Å². The van der Waals surface area contributed by atoms with Crippen LogP contribution in [0.3, 0.4) is 0 Å². The summed E-state index contributed by atoms with van der Waals surface area (Å²) in [6.07, 6.45) is 2.14. The maximum Gasteiger partial charge on any atom is 0.138 e. The van der Waals surface area contributed by atoms with Gasteiger partial charge in [-0.1, -0.05) is 30.3 Å². The molecule has 3 rings (SSSR count). The molecule has 0 radical (unpaired) electrons. The summed E-state index contributed by atoms with van der Waals surface area (Å²) in [7, 11) is 0. The summed E-state index contributed by atoms with van der Waals surface area (Å²) in [5.74, 6) is 0.901. The van der Waals surface area contributed by atoms with Crippen LogP contribution in [0, 0.1) is 13.8 Å². The van der Waals surface area contributed by atoms with Crippen LogP contribution in [0.25, 0.3) is 10.9 Å². The molecule has 1 aromatic carbocycles. The zero-order valence-corrected chi connectivity index (χ0v) is 12.8. The van der Waals surface area contributed by atoms with E-state index >= 15 is 0 Å². The molecule has 0 aliphatic rings. The standard InChI is InChI=1S/C17H21N3O/c1-4-18-10-15-7-5-6-14-8-9-20(17(14)15)11-16-12(2)19-21-13(16)3/h5-9,18H,4,10-11H2,1-3H3. The van der Waals surface area contributed by atoms with Gasteiger partial charge in [-0.3, -0.25) is 0 Å². The smallest absolute Gasteiger partial charge is 0.138 e. The average molecular weight is 283 g/mol. The average Bonchev–Trinajstić information content (AvgIpc) is 3.04. The van der Waals surface area contributed by atoms with Crippen molar-refractivity contribution in [1.82, 2.24) is 15.0 Å². The first-order chi connectivity index (χ1) is 10.2. The van der Waals surface area contributed by atoms with Gasteiger partial charge in [0, 0.05) is 18.3 Å². The highest BCUT2D eigenvalue weighted by molar-refractivity contribution is 5.83. The van der Waals surface area contributed by atoms with Gasteiger partial charge in [0.25, 0.3) is 0 Å². The number of benzene rings is 1. The summed E-state index contributed by atoms with van der Waals surface area (Å²) in [6, 6.07) is 8.64. The number of nitrogens with zero attached hydrogens (tertiary/aromatic N) is 2. The lowest BCUT2D eigenvalue weighted by Crippen LogP contribution is -2.13. The highest BCUT2D eigenvalue weighted by Gasteiger charge is 2.12. The zero-order valence-electron chi connectivity index (χ0n) is 12.8. The van der Waals surface area contributed by atoms with Gasteiger partial charge < -0.3 is 14.4 Å². The van der Waals surface area contributed by atoms with Crippen molar-refractivity contribution in [2.75, 3.05) is 6.54 Å². The van der Waals surface area contributed by atoms with Crippen LogP contribution in [-0.2, 0) is 13.1 Å². The Morgan fingerprint density at radius 3 is 2.81 bits per heavy atom. The van der Waals surface area contributed by atoms with Gasteiger partial charge in [0.05, 0.1) is 17.8 Å². The molecule has 2 heterocycles. The van der Waals surface area contributed by atoms with Crippen molar-refractivity contribution >= 4 is 10.9 Å². The molecule has 3 aromatic rings. The lowest BCUT2D eigenvalue weighted by atomic mass is 10.1. The predicted octanol–water partition coefficient (Wildman–Crippen LogP) is 3.40. The van der Waals surface area contributed by atoms with Crippen LogP contribution < -0.4 is 5.32 Å². The second kappa shape index (κ2) is 5.74. The first-order valence-electron chi connectivity index (χ1n) is 7.40. The fourth-order valence-electron chi connectivity index (χ4n) is 2.77. The molecule has 0 aliphatic heterocycles. The summed E-state index contributed by atoms with van der Waals surface area (Å²) in [5, 5.41) is 8.73. The number of aryl methyl sites for hydroxylation is 2. The zero-order chi connectivity index (χ0) is 14.8. The lowest BCUT2D eigenvalue weighted by Gasteiger charge is -2.10. The van der Waals surface area contributed by atoms with Crippen LogP contribution in [0.1, 0.15) is 29.5 Å². The fourth-order valence-corrected chi connectivity index (χ4v) is 2.77. The number of fused-ring (bicyclic) bond motifs is 1. The number of rotatable bonds is 5. The van der Waals surface area contributed by atoms with Gasteiger partial charge in [-0.15, -0.1) is 0 Å². The van der Waals surface area contributed by atoms with Gasteiger partial charge in [-0.2, -0.15) is 0 Å². The molecule has 0 bridgehead atoms. The molecule has 21 heavy (non-hydrogen) atoms. The van der Waals surface area contributed by atoms with E-state index < -0.39 is 0 Å². The monoisotopic (exact) mass is 283 g/mol. The van der Waals surface area contributed by atoms with Crippen molar-refractivity contribution in [2.45, 2.75) is 33.9 Å². The molecule has 4 nitrogen and oxygen atoms in total. The van der Waals surface area contributed by atoms with Gasteiger partial charge in [0.15, 0.2) is 0 Å². The minimum atomic E-state index is 0.799. The first kappa shape index (κ1) is 13.9. The number of hydrogen-bond acceptors (Lipinski definition) is 3. The number of nitrogens with one attached hydrogen (secondary N) is 1. The quantitative estimate of drug-likeness (QED) is 0.780. The van der Waals surface area contributed by atoms with E-state index in [4.69, 9.17) is 4.52 Å². The Hall–Kier alpha value is -2.07. The molecule has 0 saturated heterocycles. The Bertz CT molecular complexity index is 735. The van der Waals surface area contributed by atoms with Gasteiger partial charge >= 0.3 is 0 Å². The molecule has 0 atom stereocenters. The molecular weight excluding hydrogens is 262 g/mol. The van der Waals surface area contributed by atoms with E-state index in [2.05, 4.69) is 52.4 Å². The van der Waals surface area contributed by atoms with Crippen LogP contribution in [0.15, 0.2) is 35.0 Å². The molecule has 0 aliphatic carbocycles. The van der Waals surface area contributed by atoms with Crippen LogP contribution >= 0.6 is 0 Å². The molecular formula is C17H21N3O. The van der Waals surface area contributed by atoms with E-state index in [1.54, 1.807) is 0 Å². The molecule has 0 unspecified atom stereocenters. The van der Waals surface area contributed by atoms with Crippen molar-refractivity contribution in [1.29, 1.82) is 0 Å². The Kier molecular flexibility index (Phi) is 3.80. The van der Waals surface area contributed by atoms with Crippen LogP contribution in [0.4, 0.5) is 0 Å². The third-order valence-corrected chi connectivity index (χ3v) is 3.95. The molecule has 0 spiro atoms. The van der Waals surface area contributed by atoms with Gasteiger partial charge in [-0.05, 0) is 37.4 Å². The van der Waals surface area contributed by atoms with Crippen molar-refractivity contribution in [3.8, 4) is 0 Å². The summed E-state index contributed by atoms with van der Waals surface area (Å²) in [6.45, 7) is 8.76. The van der Waals surface area contributed by atoms with Crippen molar-refractivity contribution in [2.24, 2.45) is 0 Å². The SMILES string of the molecule is CCNCc1cccc2ccn(Cc3c(C)noc3C)c12. The topological polar surface area (TPSA) is 43.0 Å². The predicted molar refractivity (Wildman–Crippen MR) is 84.4 cm³/mol. The van der Waals surface area contributed by atoms with Crippen LogP contribution in [0.2, 0.25) is 0 Å². The lowest BCUT2D eigenvalue weighted by molar-refractivity contribution is 0.392. The Labute approximate surface area is 124 Å².